The molecule has 0 spiro atoms. The van der Waals surface area contributed by atoms with E-state index in [0.717, 1.165) is 12.8 Å². The number of nitrogens with two attached hydrogens (primary N) is 1. The third-order valence-electron chi connectivity index (χ3n) is 2.96. The van der Waals surface area contributed by atoms with Gasteiger partial charge in [0.1, 0.15) is 0 Å². The van der Waals surface area contributed by atoms with Gasteiger partial charge in [-0.3, -0.25) is 0 Å². The minimum atomic E-state index is 0.304. The van der Waals surface area contributed by atoms with Crippen molar-refractivity contribution in [1.82, 2.24) is 0 Å². The van der Waals surface area contributed by atoms with E-state index in [0.29, 0.717) is 6.04 Å². The topological polar surface area (TPSA) is 26.0 Å². The molecule has 1 aromatic rings. The standard InChI is InChI=1S/C15H25NS/c1-3-5-6-11-17-15-9-7-13(8-10-15)12-14(16)4-2/h7-10,14H,3-6,11-12,16H2,1-2H3. The molecule has 0 radical (unpaired) electrons. The maximum atomic E-state index is 5.95. The summed E-state index contributed by atoms with van der Waals surface area (Å²) in [4.78, 5) is 1.38. The molecular weight excluding hydrogens is 226 g/mol. The Bertz CT molecular complexity index is 294. The summed E-state index contributed by atoms with van der Waals surface area (Å²) in [6, 6.07) is 9.20. The van der Waals surface area contributed by atoms with E-state index in [9.17, 15) is 0 Å². The van der Waals surface area contributed by atoms with Crippen molar-refractivity contribution in [2.24, 2.45) is 5.73 Å². The first-order valence-corrected chi connectivity index (χ1v) is 7.72. The van der Waals surface area contributed by atoms with Gasteiger partial charge >= 0.3 is 0 Å². The summed E-state index contributed by atoms with van der Waals surface area (Å²) < 4.78 is 0. The van der Waals surface area contributed by atoms with E-state index in [1.54, 1.807) is 0 Å². The Morgan fingerprint density at radius 3 is 2.41 bits per heavy atom. The van der Waals surface area contributed by atoms with Gasteiger partial charge in [0.25, 0.3) is 0 Å². The summed E-state index contributed by atoms with van der Waals surface area (Å²) in [5, 5.41) is 0. The molecule has 1 atom stereocenters. The summed E-state index contributed by atoms with van der Waals surface area (Å²) in [5.41, 5.74) is 7.31. The smallest absolute Gasteiger partial charge is 0.00766 e. The van der Waals surface area contributed by atoms with E-state index in [1.165, 1.54) is 35.5 Å². The fourth-order valence-electron chi connectivity index (χ4n) is 1.71. The number of hydrogen-bond donors (Lipinski definition) is 1. The van der Waals surface area contributed by atoms with Crippen LogP contribution in [0.4, 0.5) is 0 Å². The number of benzene rings is 1. The second-order valence-corrected chi connectivity index (χ2v) is 5.74. The number of hydrogen-bond acceptors (Lipinski definition) is 2. The van der Waals surface area contributed by atoms with Gasteiger partial charge in [0.05, 0.1) is 0 Å². The SMILES string of the molecule is CCCCCSc1ccc(CC(N)CC)cc1. The predicted molar refractivity (Wildman–Crippen MR) is 78.7 cm³/mol. The molecule has 0 amide bonds. The molecule has 0 bridgehead atoms. The highest BCUT2D eigenvalue weighted by Gasteiger charge is 2.01. The average molecular weight is 251 g/mol. The normalized spacial score (nSPS) is 12.6. The second kappa shape index (κ2) is 8.60. The summed E-state index contributed by atoms with van der Waals surface area (Å²) in [7, 11) is 0. The number of unbranched alkanes of at least 4 members (excludes halogenated alkanes) is 2. The largest absolute Gasteiger partial charge is 0.327 e. The second-order valence-electron chi connectivity index (χ2n) is 4.57. The van der Waals surface area contributed by atoms with Crippen molar-refractivity contribution < 1.29 is 0 Å². The van der Waals surface area contributed by atoms with Crippen molar-refractivity contribution in [3.63, 3.8) is 0 Å². The first-order valence-electron chi connectivity index (χ1n) is 6.73. The maximum Gasteiger partial charge on any atom is 0.00766 e. The van der Waals surface area contributed by atoms with Crippen LogP contribution < -0.4 is 5.73 Å². The Kier molecular flexibility index (Phi) is 7.38. The molecule has 0 fully saturated rings. The van der Waals surface area contributed by atoms with Crippen LogP contribution in [0.3, 0.4) is 0 Å². The van der Waals surface area contributed by atoms with Crippen LogP contribution in [0.5, 0.6) is 0 Å². The summed E-state index contributed by atoms with van der Waals surface area (Å²) >= 11 is 1.96. The van der Waals surface area contributed by atoms with Crippen LogP contribution in [0.1, 0.15) is 45.1 Å². The number of thioether (sulfide) groups is 1. The van der Waals surface area contributed by atoms with Crippen LogP contribution in [0.2, 0.25) is 0 Å². The lowest BCUT2D eigenvalue weighted by Gasteiger charge is -2.09. The highest BCUT2D eigenvalue weighted by Crippen LogP contribution is 2.20. The molecule has 17 heavy (non-hydrogen) atoms. The molecule has 1 unspecified atom stereocenters. The van der Waals surface area contributed by atoms with Crippen LogP contribution in [0.15, 0.2) is 29.2 Å². The van der Waals surface area contributed by atoms with Gasteiger partial charge in [0.15, 0.2) is 0 Å². The Morgan fingerprint density at radius 2 is 1.82 bits per heavy atom. The Labute approximate surface area is 110 Å². The Hall–Kier alpha value is -0.470. The van der Waals surface area contributed by atoms with Gasteiger partial charge in [0, 0.05) is 10.9 Å². The molecule has 0 aliphatic heterocycles. The van der Waals surface area contributed by atoms with Crippen LogP contribution in [0, 0.1) is 0 Å². The van der Waals surface area contributed by atoms with Crippen molar-refractivity contribution in [2.75, 3.05) is 5.75 Å². The lowest BCUT2D eigenvalue weighted by molar-refractivity contribution is 0.646. The van der Waals surface area contributed by atoms with Gasteiger partial charge in [-0.2, -0.15) is 0 Å². The van der Waals surface area contributed by atoms with Gasteiger partial charge in [-0.1, -0.05) is 38.8 Å². The first kappa shape index (κ1) is 14.6. The molecule has 1 rings (SSSR count). The third kappa shape index (κ3) is 6.13. The molecule has 96 valence electrons. The summed E-state index contributed by atoms with van der Waals surface area (Å²) in [5.74, 6) is 1.24. The van der Waals surface area contributed by atoms with E-state index < -0.39 is 0 Å². The molecule has 1 nitrogen and oxygen atoms in total. The number of rotatable bonds is 8. The van der Waals surface area contributed by atoms with E-state index in [1.807, 2.05) is 11.8 Å². The van der Waals surface area contributed by atoms with Crippen LogP contribution in [0.25, 0.3) is 0 Å². The van der Waals surface area contributed by atoms with Crippen LogP contribution in [-0.2, 0) is 6.42 Å². The monoisotopic (exact) mass is 251 g/mol. The molecule has 0 saturated carbocycles. The zero-order chi connectivity index (χ0) is 12.5. The molecule has 1 aromatic carbocycles. The lowest BCUT2D eigenvalue weighted by atomic mass is 10.1. The molecule has 0 heterocycles. The molecule has 2 N–H and O–H groups in total. The van der Waals surface area contributed by atoms with Crippen molar-refractivity contribution in [3.8, 4) is 0 Å². The van der Waals surface area contributed by atoms with Gasteiger partial charge < -0.3 is 5.73 Å². The van der Waals surface area contributed by atoms with Crippen molar-refractivity contribution >= 4 is 11.8 Å². The van der Waals surface area contributed by atoms with E-state index in [4.69, 9.17) is 5.73 Å². The van der Waals surface area contributed by atoms with Gasteiger partial charge in [-0.25, -0.2) is 0 Å². The highest BCUT2D eigenvalue weighted by atomic mass is 32.2. The zero-order valence-electron chi connectivity index (χ0n) is 11.1. The third-order valence-corrected chi connectivity index (χ3v) is 4.06. The predicted octanol–water partition coefficient (Wildman–Crippen LogP) is 4.25. The summed E-state index contributed by atoms with van der Waals surface area (Å²) in [6.07, 6.45) is 6.01. The fraction of sp³-hybridized carbons (Fsp3) is 0.600. The fourth-order valence-corrected chi connectivity index (χ4v) is 2.62. The van der Waals surface area contributed by atoms with E-state index >= 15 is 0 Å². The quantitative estimate of drug-likeness (QED) is 0.552. The lowest BCUT2D eigenvalue weighted by Crippen LogP contribution is -2.21. The van der Waals surface area contributed by atoms with Crippen molar-refractivity contribution in [1.29, 1.82) is 0 Å². The Balaban J connectivity index is 2.34. The van der Waals surface area contributed by atoms with Crippen molar-refractivity contribution in [2.45, 2.75) is 56.9 Å². The molecule has 0 aliphatic carbocycles. The van der Waals surface area contributed by atoms with Crippen molar-refractivity contribution in [3.05, 3.63) is 29.8 Å². The van der Waals surface area contributed by atoms with E-state index in [2.05, 4.69) is 38.1 Å². The highest BCUT2D eigenvalue weighted by molar-refractivity contribution is 7.99. The minimum absolute atomic E-state index is 0.304. The van der Waals surface area contributed by atoms with Gasteiger partial charge in [0.2, 0.25) is 0 Å². The van der Waals surface area contributed by atoms with Crippen LogP contribution >= 0.6 is 11.8 Å². The molecule has 0 aromatic heterocycles. The summed E-state index contributed by atoms with van der Waals surface area (Å²) in [6.45, 7) is 4.39. The molecule has 2 heteroatoms. The van der Waals surface area contributed by atoms with Gasteiger partial charge in [-0.15, -0.1) is 11.8 Å². The zero-order valence-corrected chi connectivity index (χ0v) is 11.9. The first-order chi connectivity index (χ1) is 8.26. The maximum absolute atomic E-state index is 5.95. The molecule has 0 aliphatic rings. The Morgan fingerprint density at radius 1 is 1.12 bits per heavy atom. The molecule has 0 saturated heterocycles. The minimum Gasteiger partial charge on any atom is -0.327 e. The van der Waals surface area contributed by atoms with E-state index in [-0.39, 0.29) is 0 Å². The van der Waals surface area contributed by atoms with Crippen LogP contribution in [-0.4, -0.2) is 11.8 Å². The molecular formula is C15H25NS. The average Bonchev–Trinajstić information content (AvgIpc) is 2.36. The van der Waals surface area contributed by atoms with Gasteiger partial charge in [-0.05, 0) is 42.7 Å².